The number of aryl methyl sites for hydroxylation is 1. The summed E-state index contributed by atoms with van der Waals surface area (Å²) in [6.07, 6.45) is 5.03. The Bertz CT molecular complexity index is 1230. The van der Waals surface area contributed by atoms with Crippen molar-refractivity contribution in [3.63, 3.8) is 0 Å². The predicted octanol–water partition coefficient (Wildman–Crippen LogP) is 5.02. The molecule has 8 heteroatoms. The highest BCUT2D eigenvalue weighted by atomic mass is 16.5. The molecule has 0 radical (unpaired) electrons. The molecule has 0 bridgehead atoms. The fourth-order valence-electron chi connectivity index (χ4n) is 3.65. The van der Waals surface area contributed by atoms with Crippen molar-refractivity contribution in [3.05, 3.63) is 48.0 Å². The molecular weight excluding hydrogens is 404 g/mol. The SMILES string of the molecule is CCCCCOc1ccc(/C=N/Nc2nnc3c4ccccc4n(CC)c3n2)cc1OC. The van der Waals surface area contributed by atoms with Gasteiger partial charge in [0.2, 0.25) is 0 Å². The number of benzene rings is 2. The van der Waals surface area contributed by atoms with Crippen LogP contribution in [-0.4, -0.2) is 39.7 Å². The molecule has 0 aliphatic carbocycles. The van der Waals surface area contributed by atoms with E-state index in [2.05, 4.69) is 50.2 Å². The fourth-order valence-corrected chi connectivity index (χ4v) is 3.65. The molecule has 0 aliphatic heterocycles. The third kappa shape index (κ3) is 4.49. The van der Waals surface area contributed by atoms with Gasteiger partial charge in [-0.2, -0.15) is 10.1 Å². The second-order valence-electron chi connectivity index (χ2n) is 7.40. The number of nitrogens with zero attached hydrogens (tertiary/aromatic N) is 5. The minimum atomic E-state index is 0.342. The van der Waals surface area contributed by atoms with Gasteiger partial charge in [-0.15, -0.1) is 10.2 Å². The Balaban J connectivity index is 1.49. The topological polar surface area (TPSA) is 86.5 Å². The Hall–Kier alpha value is -3.68. The average molecular weight is 433 g/mol. The van der Waals surface area contributed by atoms with Crippen LogP contribution in [0, 0.1) is 0 Å². The number of hydrogen-bond donors (Lipinski definition) is 1. The van der Waals surface area contributed by atoms with E-state index in [-0.39, 0.29) is 0 Å². The maximum Gasteiger partial charge on any atom is 0.265 e. The van der Waals surface area contributed by atoms with Crippen molar-refractivity contribution in [2.24, 2.45) is 5.10 Å². The van der Waals surface area contributed by atoms with Gasteiger partial charge in [0.15, 0.2) is 17.1 Å². The molecule has 4 aromatic rings. The van der Waals surface area contributed by atoms with Crippen LogP contribution in [0.3, 0.4) is 0 Å². The number of rotatable bonds is 10. The van der Waals surface area contributed by atoms with Gasteiger partial charge in [0.25, 0.3) is 5.95 Å². The molecule has 166 valence electrons. The zero-order valence-corrected chi connectivity index (χ0v) is 18.7. The smallest absolute Gasteiger partial charge is 0.265 e. The van der Waals surface area contributed by atoms with Crippen molar-refractivity contribution in [2.45, 2.75) is 39.7 Å². The van der Waals surface area contributed by atoms with E-state index in [9.17, 15) is 0 Å². The van der Waals surface area contributed by atoms with Crippen LogP contribution in [0.5, 0.6) is 11.5 Å². The van der Waals surface area contributed by atoms with Gasteiger partial charge in [0.1, 0.15) is 5.52 Å². The minimum absolute atomic E-state index is 0.342. The first-order valence-electron chi connectivity index (χ1n) is 11.0. The summed E-state index contributed by atoms with van der Waals surface area (Å²) in [5.41, 5.74) is 6.42. The molecule has 32 heavy (non-hydrogen) atoms. The van der Waals surface area contributed by atoms with Crippen LogP contribution >= 0.6 is 0 Å². The number of unbranched alkanes of at least 4 members (excludes halogenated alkanes) is 2. The average Bonchev–Trinajstić information content (AvgIpc) is 3.15. The number of anilines is 1. The lowest BCUT2D eigenvalue weighted by Crippen LogP contribution is -2.02. The van der Waals surface area contributed by atoms with E-state index in [1.54, 1.807) is 13.3 Å². The van der Waals surface area contributed by atoms with Crippen LogP contribution in [0.1, 0.15) is 38.7 Å². The lowest BCUT2D eigenvalue weighted by Gasteiger charge is -2.11. The van der Waals surface area contributed by atoms with E-state index in [0.717, 1.165) is 59.2 Å². The molecule has 2 aromatic heterocycles. The summed E-state index contributed by atoms with van der Waals surface area (Å²) in [7, 11) is 1.63. The second kappa shape index (κ2) is 10.1. The summed E-state index contributed by atoms with van der Waals surface area (Å²) in [6.45, 7) is 5.73. The van der Waals surface area contributed by atoms with E-state index in [0.29, 0.717) is 18.3 Å². The molecule has 8 nitrogen and oxygen atoms in total. The first-order chi connectivity index (χ1) is 15.7. The van der Waals surface area contributed by atoms with E-state index >= 15 is 0 Å². The first kappa shape index (κ1) is 21.5. The van der Waals surface area contributed by atoms with Crippen LogP contribution in [-0.2, 0) is 6.54 Å². The lowest BCUT2D eigenvalue weighted by molar-refractivity contribution is 0.286. The van der Waals surface area contributed by atoms with Gasteiger partial charge < -0.3 is 14.0 Å². The van der Waals surface area contributed by atoms with Crippen molar-refractivity contribution in [2.75, 3.05) is 19.1 Å². The summed E-state index contributed by atoms with van der Waals surface area (Å²) >= 11 is 0. The van der Waals surface area contributed by atoms with E-state index in [1.165, 1.54) is 0 Å². The quantitative estimate of drug-likeness (QED) is 0.215. The van der Waals surface area contributed by atoms with Crippen LogP contribution in [0.2, 0.25) is 0 Å². The number of aromatic nitrogens is 4. The zero-order chi connectivity index (χ0) is 22.3. The molecular formula is C24H28N6O2. The maximum absolute atomic E-state index is 5.83. The van der Waals surface area contributed by atoms with Gasteiger partial charge in [-0.1, -0.05) is 38.0 Å². The largest absolute Gasteiger partial charge is 0.493 e. The van der Waals surface area contributed by atoms with Crippen molar-refractivity contribution >= 4 is 34.2 Å². The highest BCUT2D eigenvalue weighted by molar-refractivity contribution is 6.04. The van der Waals surface area contributed by atoms with E-state index in [4.69, 9.17) is 9.47 Å². The van der Waals surface area contributed by atoms with Gasteiger partial charge in [-0.25, -0.2) is 5.43 Å². The predicted molar refractivity (Wildman–Crippen MR) is 128 cm³/mol. The van der Waals surface area contributed by atoms with E-state index < -0.39 is 0 Å². The highest BCUT2D eigenvalue weighted by Gasteiger charge is 2.13. The van der Waals surface area contributed by atoms with Crippen molar-refractivity contribution in [1.29, 1.82) is 0 Å². The first-order valence-corrected chi connectivity index (χ1v) is 11.0. The van der Waals surface area contributed by atoms with Gasteiger partial charge in [-0.3, -0.25) is 0 Å². The molecule has 2 heterocycles. The third-order valence-corrected chi connectivity index (χ3v) is 5.26. The molecule has 0 saturated heterocycles. The number of nitrogens with one attached hydrogen (secondary N) is 1. The fraction of sp³-hybridized carbons (Fsp3) is 0.333. The summed E-state index contributed by atoms with van der Waals surface area (Å²) in [6, 6.07) is 13.8. The Morgan fingerprint density at radius 1 is 1.06 bits per heavy atom. The monoisotopic (exact) mass is 432 g/mol. The number of hydrogen-bond acceptors (Lipinski definition) is 7. The normalized spacial score (nSPS) is 11.5. The molecule has 4 rings (SSSR count). The number of ether oxygens (including phenoxy) is 2. The highest BCUT2D eigenvalue weighted by Crippen LogP contribution is 2.28. The molecule has 0 amide bonds. The molecule has 0 fully saturated rings. The van der Waals surface area contributed by atoms with Gasteiger partial charge in [-0.05, 0) is 43.2 Å². The zero-order valence-electron chi connectivity index (χ0n) is 18.7. The summed E-state index contributed by atoms with van der Waals surface area (Å²) in [5.74, 6) is 1.76. The Labute approximate surface area is 187 Å². The molecule has 2 aromatic carbocycles. The van der Waals surface area contributed by atoms with Crippen LogP contribution < -0.4 is 14.9 Å². The molecule has 0 atom stereocenters. The van der Waals surface area contributed by atoms with Gasteiger partial charge >= 0.3 is 0 Å². The van der Waals surface area contributed by atoms with E-state index in [1.807, 2.05) is 36.4 Å². The number of hydrazone groups is 1. The number of fused-ring (bicyclic) bond motifs is 3. The van der Waals surface area contributed by atoms with Crippen LogP contribution in [0.25, 0.3) is 22.1 Å². The van der Waals surface area contributed by atoms with Crippen molar-refractivity contribution in [3.8, 4) is 11.5 Å². The van der Waals surface area contributed by atoms with Crippen LogP contribution in [0.15, 0.2) is 47.6 Å². The van der Waals surface area contributed by atoms with Gasteiger partial charge in [0.05, 0.1) is 25.4 Å². The molecule has 0 aliphatic rings. The number of para-hydroxylation sites is 1. The standard InChI is InChI=1S/C24H28N6O2/c1-4-6-9-14-32-20-13-12-17(15-21(20)31-3)16-25-28-24-26-23-22(27-29-24)18-10-7-8-11-19(18)30(23)5-2/h7-8,10-13,15-16H,4-6,9,14H2,1-3H3,(H,26,28,29)/b25-16+. The summed E-state index contributed by atoms with van der Waals surface area (Å²) < 4.78 is 13.4. The summed E-state index contributed by atoms with van der Waals surface area (Å²) in [5, 5.41) is 13.9. The lowest BCUT2D eigenvalue weighted by atomic mass is 10.2. The summed E-state index contributed by atoms with van der Waals surface area (Å²) in [4.78, 5) is 4.63. The number of methoxy groups -OCH3 is 1. The Kier molecular flexibility index (Phi) is 6.79. The Morgan fingerprint density at radius 3 is 2.75 bits per heavy atom. The maximum atomic E-state index is 5.83. The molecule has 0 unspecified atom stereocenters. The Morgan fingerprint density at radius 2 is 1.94 bits per heavy atom. The molecule has 0 spiro atoms. The van der Waals surface area contributed by atoms with Crippen molar-refractivity contribution < 1.29 is 9.47 Å². The molecule has 1 N–H and O–H groups in total. The minimum Gasteiger partial charge on any atom is -0.493 e. The second-order valence-corrected chi connectivity index (χ2v) is 7.40. The van der Waals surface area contributed by atoms with Crippen LogP contribution in [0.4, 0.5) is 5.95 Å². The third-order valence-electron chi connectivity index (χ3n) is 5.26. The van der Waals surface area contributed by atoms with Crippen molar-refractivity contribution in [1.82, 2.24) is 19.7 Å². The van der Waals surface area contributed by atoms with Gasteiger partial charge in [0, 0.05) is 11.9 Å². The molecule has 0 saturated carbocycles.